The molecule has 1 fully saturated rings. The van der Waals surface area contributed by atoms with Crippen molar-refractivity contribution in [2.45, 2.75) is 65.3 Å². The van der Waals surface area contributed by atoms with Gasteiger partial charge < -0.3 is 4.74 Å². The molecule has 31 heavy (non-hydrogen) atoms. The van der Waals surface area contributed by atoms with Crippen LogP contribution in [-0.4, -0.2) is 40.0 Å². The summed E-state index contributed by atoms with van der Waals surface area (Å²) >= 11 is 0. The van der Waals surface area contributed by atoms with Crippen LogP contribution in [0.25, 0.3) is 0 Å². The van der Waals surface area contributed by atoms with Gasteiger partial charge in [0.05, 0.1) is 6.04 Å². The van der Waals surface area contributed by atoms with Crippen molar-refractivity contribution in [1.82, 2.24) is 9.80 Å². The Labute approximate surface area is 186 Å². The van der Waals surface area contributed by atoms with E-state index in [1.807, 2.05) is 64.1 Å². The first-order valence-electron chi connectivity index (χ1n) is 11.1. The maximum absolute atomic E-state index is 13.2. The van der Waals surface area contributed by atoms with Gasteiger partial charge in [-0.15, -0.1) is 0 Å². The van der Waals surface area contributed by atoms with E-state index in [1.165, 1.54) is 16.0 Å². The number of carbonyl (C=O) groups excluding carboxylic acids is 2. The zero-order valence-electron chi connectivity index (χ0n) is 19.2. The largest absolute Gasteiger partial charge is 0.441 e. The van der Waals surface area contributed by atoms with Crippen LogP contribution < -0.4 is 0 Å². The second-order valence-corrected chi connectivity index (χ2v) is 9.22. The van der Waals surface area contributed by atoms with Gasteiger partial charge in [0.15, 0.2) is 0 Å². The van der Waals surface area contributed by atoms with E-state index in [1.54, 1.807) is 0 Å². The molecule has 1 saturated heterocycles. The first-order valence-corrected chi connectivity index (χ1v) is 11.1. The van der Waals surface area contributed by atoms with Crippen molar-refractivity contribution in [3.8, 4) is 0 Å². The zero-order valence-corrected chi connectivity index (χ0v) is 19.2. The van der Waals surface area contributed by atoms with Gasteiger partial charge in [-0.05, 0) is 37.8 Å². The van der Waals surface area contributed by atoms with Gasteiger partial charge in [-0.2, -0.15) is 0 Å². The van der Waals surface area contributed by atoms with Gasteiger partial charge in [0.2, 0.25) is 5.91 Å². The summed E-state index contributed by atoms with van der Waals surface area (Å²) in [7, 11) is 0. The third-order valence-corrected chi connectivity index (χ3v) is 6.11. The lowest BCUT2D eigenvalue weighted by Crippen LogP contribution is -2.48. The fourth-order valence-electron chi connectivity index (χ4n) is 4.65. The molecule has 2 atom stereocenters. The average molecular weight is 423 g/mol. The first-order chi connectivity index (χ1) is 14.7. The standard InChI is InChI=1S/C26H34N2O3/c1-19(2)24-26(4,5)31-25(30)28(24)23(29)16-17-27(18-21-12-8-6-9-13-21)20(3)22-14-10-7-11-15-22/h6-15,19-20,24H,16-18H2,1-5H3/t20-,24-/m0/s1. The number of benzene rings is 2. The third kappa shape index (κ3) is 5.34. The monoisotopic (exact) mass is 422 g/mol. The van der Waals surface area contributed by atoms with Crippen molar-refractivity contribution in [3.63, 3.8) is 0 Å². The Morgan fingerprint density at radius 3 is 2.19 bits per heavy atom. The van der Waals surface area contributed by atoms with Crippen LogP contribution in [0.5, 0.6) is 0 Å². The maximum atomic E-state index is 13.2. The van der Waals surface area contributed by atoms with E-state index in [9.17, 15) is 9.59 Å². The predicted octanol–water partition coefficient (Wildman–Crippen LogP) is 5.42. The summed E-state index contributed by atoms with van der Waals surface area (Å²) in [6, 6.07) is 20.4. The number of imide groups is 1. The summed E-state index contributed by atoms with van der Waals surface area (Å²) in [4.78, 5) is 29.3. The summed E-state index contributed by atoms with van der Waals surface area (Å²) in [5.41, 5.74) is 1.72. The molecule has 2 aromatic carbocycles. The lowest BCUT2D eigenvalue weighted by Gasteiger charge is -2.32. The molecule has 0 radical (unpaired) electrons. The Balaban J connectivity index is 1.76. The van der Waals surface area contributed by atoms with E-state index in [0.29, 0.717) is 6.54 Å². The fraction of sp³-hybridized carbons (Fsp3) is 0.462. The Kier molecular flexibility index (Phi) is 7.16. The van der Waals surface area contributed by atoms with Crippen LogP contribution in [0.15, 0.2) is 60.7 Å². The SMILES string of the molecule is CC(C)[C@@H]1N(C(=O)CCN(Cc2ccccc2)[C@@H](C)c2ccccc2)C(=O)OC1(C)C. The van der Waals surface area contributed by atoms with Gasteiger partial charge >= 0.3 is 6.09 Å². The highest BCUT2D eigenvalue weighted by atomic mass is 16.6. The molecular weight excluding hydrogens is 388 g/mol. The Morgan fingerprint density at radius 2 is 1.61 bits per heavy atom. The maximum Gasteiger partial charge on any atom is 0.417 e. The Bertz CT molecular complexity index is 880. The van der Waals surface area contributed by atoms with E-state index < -0.39 is 11.7 Å². The number of cyclic esters (lactones) is 1. The van der Waals surface area contributed by atoms with Crippen molar-refractivity contribution in [1.29, 1.82) is 0 Å². The molecule has 0 aromatic heterocycles. The second kappa shape index (κ2) is 9.65. The van der Waals surface area contributed by atoms with Crippen LogP contribution in [0.2, 0.25) is 0 Å². The van der Waals surface area contributed by atoms with Crippen LogP contribution in [0, 0.1) is 5.92 Å². The molecular formula is C26H34N2O3. The summed E-state index contributed by atoms with van der Waals surface area (Å²) in [5.74, 6) is -0.0540. The van der Waals surface area contributed by atoms with Crippen molar-refractivity contribution in [3.05, 3.63) is 71.8 Å². The van der Waals surface area contributed by atoms with Crippen molar-refractivity contribution in [2.75, 3.05) is 6.54 Å². The average Bonchev–Trinajstić information content (AvgIpc) is 3.00. The highest BCUT2D eigenvalue weighted by Crippen LogP contribution is 2.34. The molecule has 0 aliphatic carbocycles. The molecule has 166 valence electrons. The molecule has 1 aliphatic heterocycles. The van der Waals surface area contributed by atoms with Gasteiger partial charge in [-0.3, -0.25) is 9.69 Å². The van der Waals surface area contributed by atoms with Gasteiger partial charge in [0.25, 0.3) is 0 Å². The molecule has 0 saturated carbocycles. The van der Waals surface area contributed by atoms with Gasteiger partial charge in [-0.1, -0.05) is 74.5 Å². The molecule has 1 heterocycles. The molecule has 0 spiro atoms. The van der Waals surface area contributed by atoms with Gasteiger partial charge in [0, 0.05) is 25.6 Å². The minimum absolute atomic E-state index is 0.120. The van der Waals surface area contributed by atoms with E-state index in [0.717, 1.165) is 6.54 Å². The highest BCUT2D eigenvalue weighted by molar-refractivity contribution is 5.94. The summed E-state index contributed by atoms with van der Waals surface area (Å²) in [6.45, 7) is 11.2. The van der Waals surface area contributed by atoms with Crippen LogP contribution >= 0.6 is 0 Å². The third-order valence-electron chi connectivity index (χ3n) is 6.11. The minimum atomic E-state index is -0.679. The zero-order chi connectivity index (χ0) is 22.6. The van der Waals surface area contributed by atoms with Crippen LogP contribution in [-0.2, 0) is 16.1 Å². The minimum Gasteiger partial charge on any atom is -0.441 e. The van der Waals surface area contributed by atoms with Crippen LogP contribution in [0.3, 0.4) is 0 Å². The number of hydrogen-bond donors (Lipinski definition) is 0. The molecule has 0 N–H and O–H groups in total. The summed E-state index contributed by atoms with van der Waals surface area (Å²) < 4.78 is 5.53. The molecule has 0 unspecified atom stereocenters. The highest BCUT2D eigenvalue weighted by Gasteiger charge is 2.51. The molecule has 1 aliphatic rings. The lowest BCUT2D eigenvalue weighted by atomic mass is 9.89. The Morgan fingerprint density at radius 1 is 1.03 bits per heavy atom. The number of rotatable bonds is 8. The summed E-state index contributed by atoms with van der Waals surface area (Å²) in [6.07, 6.45) is -0.266. The quantitative estimate of drug-likeness (QED) is 0.570. The van der Waals surface area contributed by atoms with Crippen molar-refractivity contribution < 1.29 is 14.3 Å². The number of ether oxygens (including phenoxy) is 1. The second-order valence-electron chi connectivity index (χ2n) is 9.22. The van der Waals surface area contributed by atoms with Crippen LogP contribution in [0.4, 0.5) is 4.79 Å². The smallest absolute Gasteiger partial charge is 0.417 e. The Hall–Kier alpha value is -2.66. The molecule has 5 heteroatoms. The molecule has 5 nitrogen and oxygen atoms in total. The summed E-state index contributed by atoms with van der Waals surface area (Å²) in [5, 5.41) is 0. The fourth-order valence-corrected chi connectivity index (χ4v) is 4.65. The van der Waals surface area contributed by atoms with Crippen LogP contribution in [0.1, 0.15) is 58.2 Å². The normalized spacial score (nSPS) is 19.0. The van der Waals surface area contributed by atoms with E-state index >= 15 is 0 Å². The number of carbonyl (C=O) groups is 2. The lowest BCUT2D eigenvalue weighted by molar-refractivity contribution is -0.131. The van der Waals surface area contributed by atoms with E-state index in [2.05, 4.69) is 36.1 Å². The molecule has 2 aromatic rings. The number of hydrogen-bond acceptors (Lipinski definition) is 4. The van der Waals surface area contributed by atoms with E-state index in [4.69, 9.17) is 4.74 Å². The van der Waals surface area contributed by atoms with E-state index in [-0.39, 0.29) is 30.3 Å². The van der Waals surface area contributed by atoms with Gasteiger partial charge in [-0.25, -0.2) is 9.69 Å². The number of nitrogens with zero attached hydrogens (tertiary/aromatic N) is 2. The topological polar surface area (TPSA) is 49.9 Å². The predicted molar refractivity (Wildman–Crippen MR) is 122 cm³/mol. The van der Waals surface area contributed by atoms with Crippen molar-refractivity contribution >= 4 is 12.0 Å². The van der Waals surface area contributed by atoms with Gasteiger partial charge in [0.1, 0.15) is 5.60 Å². The van der Waals surface area contributed by atoms with Crippen molar-refractivity contribution in [2.24, 2.45) is 5.92 Å². The first kappa shape index (κ1) is 23.0. The molecule has 0 bridgehead atoms. The number of amides is 2. The molecule has 2 amide bonds. The molecule has 3 rings (SSSR count).